The quantitative estimate of drug-likeness (QED) is 0.591. The Balaban J connectivity index is 2.27. The van der Waals surface area contributed by atoms with Gasteiger partial charge in [0.2, 0.25) is 0 Å². The SMILES string of the molecule is O=C1C=c2cc3c(Cl)cc4ncncc4c3cc2=CC1. The first-order valence-corrected chi connectivity index (χ1v) is 6.67. The van der Waals surface area contributed by atoms with Crippen molar-refractivity contribution in [1.29, 1.82) is 0 Å². The van der Waals surface area contributed by atoms with E-state index in [1.807, 2.05) is 18.2 Å². The topological polar surface area (TPSA) is 42.9 Å². The van der Waals surface area contributed by atoms with Crippen molar-refractivity contribution in [3.8, 4) is 0 Å². The molecule has 1 heterocycles. The number of carbonyl (C=O) groups excluding carboxylic acids is 1. The van der Waals surface area contributed by atoms with Crippen LogP contribution in [-0.4, -0.2) is 15.8 Å². The molecule has 3 aromatic rings. The Morgan fingerprint density at radius 3 is 2.80 bits per heavy atom. The van der Waals surface area contributed by atoms with E-state index in [1.165, 1.54) is 6.33 Å². The second-order valence-corrected chi connectivity index (χ2v) is 5.27. The summed E-state index contributed by atoms with van der Waals surface area (Å²) in [7, 11) is 0. The van der Waals surface area contributed by atoms with Crippen molar-refractivity contribution in [3.05, 3.63) is 46.2 Å². The predicted octanol–water partition coefficient (Wildman–Crippen LogP) is 1.97. The van der Waals surface area contributed by atoms with Crippen LogP contribution in [0.3, 0.4) is 0 Å². The number of hydrogen-bond donors (Lipinski definition) is 0. The molecule has 0 saturated heterocycles. The lowest BCUT2D eigenvalue weighted by atomic mass is 10.00. The molecule has 96 valence electrons. The molecule has 0 unspecified atom stereocenters. The zero-order chi connectivity index (χ0) is 13.7. The van der Waals surface area contributed by atoms with E-state index in [-0.39, 0.29) is 5.78 Å². The molecule has 0 aliphatic heterocycles. The highest BCUT2D eigenvalue weighted by Gasteiger charge is 2.09. The van der Waals surface area contributed by atoms with Crippen molar-refractivity contribution in [2.45, 2.75) is 6.42 Å². The molecule has 0 saturated carbocycles. The van der Waals surface area contributed by atoms with Crippen molar-refractivity contribution in [2.75, 3.05) is 0 Å². The lowest BCUT2D eigenvalue weighted by Crippen LogP contribution is -2.28. The largest absolute Gasteiger partial charge is 0.294 e. The van der Waals surface area contributed by atoms with Crippen LogP contribution in [0.25, 0.3) is 33.8 Å². The average Bonchev–Trinajstić information content (AvgIpc) is 2.46. The second-order valence-electron chi connectivity index (χ2n) is 4.86. The molecule has 0 N–H and O–H groups in total. The summed E-state index contributed by atoms with van der Waals surface area (Å²) in [6.07, 6.45) is 7.39. The normalized spacial score (nSPS) is 13.9. The summed E-state index contributed by atoms with van der Waals surface area (Å²) in [6, 6.07) is 5.86. The Morgan fingerprint density at radius 2 is 1.90 bits per heavy atom. The van der Waals surface area contributed by atoms with E-state index in [0.29, 0.717) is 11.4 Å². The molecule has 0 amide bonds. The molecule has 2 aromatic carbocycles. The van der Waals surface area contributed by atoms with Gasteiger partial charge in [0.15, 0.2) is 5.78 Å². The van der Waals surface area contributed by atoms with E-state index in [0.717, 1.165) is 32.1 Å². The molecule has 1 aliphatic rings. The van der Waals surface area contributed by atoms with E-state index in [1.54, 1.807) is 12.3 Å². The molecule has 0 bridgehead atoms. The van der Waals surface area contributed by atoms with Crippen LogP contribution in [-0.2, 0) is 4.79 Å². The number of hydrogen-bond acceptors (Lipinski definition) is 3. The fourth-order valence-electron chi connectivity index (χ4n) is 2.66. The number of fused-ring (bicyclic) bond motifs is 4. The van der Waals surface area contributed by atoms with Gasteiger partial charge in [0.25, 0.3) is 0 Å². The molecule has 20 heavy (non-hydrogen) atoms. The number of Topliss-reactive ketones (excluding diaryl/α,β-unsaturated/α-hetero) is 1. The highest BCUT2D eigenvalue weighted by atomic mass is 35.5. The summed E-state index contributed by atoms with van der Waals surface area (Å²) in [5.74, 6) is 0.122. The highest BCUT2D eigenvalue weighted by Crippen LogP contribution is 2.28. The van der Waals surface area contributed by atoms with Gasteiger partial charge in [-0.25, -0.2) is 9.97 Å². The van der Waals surface area contributed by atoms with Crippen molar-refractivity contribution in [2.24, 2.45) is 0 Å². The molecule has 4 rings (SSSR count). The summed E-state index contributed by atoms with van der Waals surface area (Å²) in [5.41, 5.74) is 0.827. The molecule has 1 aliphatic carbocycles. The van der Waals surface area contributed by atoms with Crippen molar-refractivity contribution >= 4 is 51.2 Å². The number of benzene rings is 2. The second kappa shape index (κ2) is 4.12. The minimum atomic E-state index is 0.122. The Kier molecular flexibility index (Phi) is 2.38. The molecule has 0 spiro atoms. The number of aromatic nitrogens is 2. The van der Waals surface area contributed by atoms with E-state index >= 15 is 0 Å². The van der Waals surface area contributed by atoms with Crippen LogP contribution in [0.4, 0.5) is 0 Å². The van der Waals surface area contributed by atoms with Crippen LogP contribution in [0.1, 0.15) is 6.42 Å². The molecule has 0 fully saturated rings. The molecular weight excluding hydrogens is 272 g/mol. The van der Waals surface area contributed by atoms with Crippen molar-refractivity contribution < 1.29 is 4.79 Å². The van der Waals surface area contributed by atoms with Gasteiger partial charge >= 0.3 is 0 Å². The minimum absolute atomic E-state index is 0.122. The first kappa shape index (κ1) is 11.6. The highest BCUT2D eigenvalue weighted by molar-refractivity contribution is 6.37. The van der Waals surface area contributed by atoms with Crippen LogP contribution in [0.5, 0.6) is 0 Å². The third-order valence-electron chi connectivity index (χ3n) is 3.62. The van der Waals surface area contributed by atoms with E-state index < -0.39 is 0 Å². The van der Waals surface area contributed by atoms with E-state index in [2.05, 4.69) is 16.0 Å². The summed E-state index contributed by atoms with van der Waals surface area (Å²) in [5, 5.41) is 5.54. The maximum Gasteiger partial charge on any atom is 0.160 e. The molecular formula is C16H9ClN2O. The minimum Gasteiger partial charge on any atom is -0.294 e. The molecule has 4 heteroatoms. The summed E-state index contributed by atoms with van der Waals surface area (Å²) < 4.78 is 0. The molecule has 0 radical (unpaired) electrons. The smallest absolute Gasteiger partial charge is 0.160 e. The number of halogens is 1. The monoisotopic (exact) mass is 280 g/mol. The third-order valence-corrected chi connectivity index (χ3v) is 3.93. The summed E-state index contributed by atoms with van der Waals surface area (Å²) in [4.78, 5) is 19.9. The number of rotatable bonds is 0. The van der Waals surface area contributed by atoms with Gasteiger partial charge in [-0.3, -0.25) is 4.79 Å². The van der Waals surface area contributed by atoms with Crippen LogP contribution in [0.15, 0.2) is 30.7 Å². The zero-order valence-electron chi connectivity index (χ0n) is 10.4. The van der Waals surface area contributed by atoms with E-state index in [9.17, 15) is 4.79 Å². The van der Waals surface area contributed by atoms with Gasteiger partial charge in [-0.1, -0.05) is 17.7 Å². The van der Waals surface area contributed by atoms with Gasteiger partial charge in [-0.05, 0) is 40.1 Å². The average molecular weight is 281 g/mol. The Morgan fingerprint density at radius 1 is 1.05 bits per heavy atom. The Labute approximate surface area is 119 Å². The fraction of sp³-hybridized carbons (Fsp3) is 0.0625. The van der Waals surface area contributed by atoms with Crippen LogP contribution in [0, 0.1) is 0 Å². The number of nitrogens with zero attached hydrogens (tertiary/aromatic N) is 2. The van der Waals surface area contributed by atoms with Crippen molar-refractivity contribution in [3.63, 3.8) is 0 Å². The number of ketones is 1. The fourth-order valence-corrected chi connectivity index (χ4v) is 2.92. The Bertz CT molecular complexity index is 1010. The van der Waals surface area contributed by atoms with Crippen LogP contribution in [0.2, 0.25) is 5.02 Å². The standard InChI is InChI=1S/C16H9ClN2O/c17-15-6-16-14(7-18-8-19-16)12-4-9-1-2-11(20)3-10(9)5-13(12)15/h1,3-8H,2H2. The van der Waals surface area contributed by atoms with Gasteiger partial charge < -0.3 is 0 Å². The van der Waals surface area contributed by atoms with Crippen molar-refractivity contribution in [1.82, 2.24) is 9.97 Å². The predicted molar refractivity (Wildman–Crippen MR) is 79.9 cm³/mol. The molecule has 1 aromatic heterocycles. The third kappa shape index (κ3) is 1.63. The lowest BCUT2D eigenvalue weighted by molar-refractivity contribution is -0.112. The summed E-state index contributed by atoms with van der Waals surface area (Å²) >= 11 is 6.35. The maximum absolute atomic E-state index is 11.5. The van der Waals surface area contributed by atoms with Gasteiger partial charge in [-0.2, -0.15) is 0 Å². The first-order chi connectivity index (χ1) is 9.72. The first-order valence-electron chi connectivity index (χ1n) is 6.29. The molecule has 0 atom stereocenters. The van der Waals surface area contributed by atoms with Crippen LogP contribution < -0.4 is 10.4 Å². The maximum atomic E-state index is 11.5. The Hall–Kier alpha value is -2.26. The van der Waals surface area contributed by atoms with Gasteiger partial charge in [-0.15, -0.1) is 0 Å². The summed E-state index contributed by atoms with van der Waals surface area (Å²) in [6.45, 7) is 0. The number of carbonyl (C=O) groups is 1. The molecule has 3 nitrogen and oxygen atoms in total. The van der Waals surface area contributed by atoms with E-state index in [4.69, 9.17) is 11.6 Å². The van der Waals surface area contributed by atoms with Gasteiger partial charge in [0.05, 0.1) is 10.5 Å². The van der Waals surface area contributed by atoms with Gasteiger partial charge in [0, 0.05) is 23.4 Å². The zero-order valence-corrected chi connectivity index (χ0v) is 11.2. The van der Waals surface area contributed by atoms with Gasteiger partial charge in [0.1, 0.15) is 6.33 Å². The van der Waals surface area contributed by atoms with Crippen LogP contribution >= 0.6 is 11.6 Å². The lowest BCUT2D eigenvalue weighted by Gasteiger charge is -2.07.